The lowest BCUT2D eigenvalue weighted by molar-refractivity contribution is 1.28. The van der Waals surface area contributed by atoms with E-state index in [2.05, 4.69) is 254 Å². The van der Waals surface area contributed by atoms with Crippen molar-refractivity contribution in [2.75, 3.05) is 4.90 Å². The average molecular weight is 776 g/mol. The maximum atomic E-state index is 2.44. The Balaban J connectivity index is 1.14. The number of rotatable bonds is 8. The average Bonchev–Trinajstić information content (AvgIpc) is 3.35. The van der Waals surface area contributed by atoms with Gasteiger partial charge in [-0.1, -0.05) is 206 Å². The van der Waals surface area contributed by atoms with Crippen molar-refractivity contribution in [3.63, 3.8) is 0 Å². The first-order chi connectivity index (χ1) is 30.2. The van der Waals surface area contributed by atoms with E-state index in [4.69, 9.17) is 0 Å². The molecule has 0 unspecified atom stereocenters. The fourth-order valence-electron chi connectivity index (χ4n) is 9.02. The molecule has 0 bridgehead atoms. The van der Waals surface area contributed by atoms with Gasteiger partial charge in [0.1, 0.15) is 0 Å². The highest BCUT2D eigenvalue weighted by atomic mass is 15.1. The Hall–Kier alpha value is -8.00. The standard InChI is InChI=1S/C60H41N/c1-3-14-42(15-4-1)45-26-29-48(30-27-45)60-57(58-41-51-20-9-10-21-54(51)55-22-11-12-23-56(55)58)24-13-25-59(60)61(52-36-32-46(33-37-52)43-16-5-2-6-17-43)53-38-34-47(35-39-53)50-31-28-44-18-7-8-19-49(44)40-50/h1-41H. The molecule has 11 aromatic carbocycles. The largest absolute Gasteiger partial charge is 0.310 e. The first-order valence-electron chi connectivity index (χ1n) is 21.0. The molecule has 61 heavy (non-hydrogen) atoms. The lowest BCUT2D eigenvalue weighted by atomic mass is 9.87. The Morgan fingerprint density at radius 2 is 0.689 bits per heavy atom. The first kappa shape index (κ1) is 36.1. The number of benzene rings is 11. The summed E-state index contributed by atoms with van der Waals surface area (Å²) in [4.78, 5) is 2.44. The van der Waals surface area contributed by atoms with Crippen LogP contribution in [-0.2, 0) is 0 Å². The number of anilines is 3. The molecule has 11 aromatic rings. The molecule has 0 aromatic heterocycles. The highest BCUT2D eigenvalue weighted by Crippen LogP contribution is 2.48. The Morgan fingerprint density at radius 1 is 0.230 bits per heavy atom. The van der Waals surface area contributed by atoms with Crippen LogP contribution in [0.3, 0.4) is 0 Å². The second-order valence-electron chi connectivity index (χ2n) is 15.7. The van der Waals surface area contributed by atoms with Crippen LogP contribution in [0.4, 0.5) is 17.1 Å². The highest BCUT2D eigenvalue weighted by Gasteiger charge is 2.22. The third-order valence-electron chi connectivity index (χ3n) is 12.1. The summed E-state index contributed by atoms with van der Waals surface area (Å²) in [7, 11) is 0. The molecule has 286 valence electrons. The normalized spacial score (nSPS) is 11.3. The molecule has 1 nitrogen and oxygen atoms in total. The summed E-state index contributed by atoms with van der Waals surface area (Å²) in [5, 5.41) is 7.47. The predicted molar refractivity (Wildman–Crippen MR) is 261 cm³/mol. The highest BCUT2D eigenvalue weighted by molar-refractivity contribution is 6.15. The molecule has 0 fully saturated rings. The van der Waals surface area contributed by atoms with E-state index in [1.807, 2.05) is 0 Å². The minimum Gasteiger partial charge on any atom is -0.310 e. The van der Waals surface area contributed by atoms with Crippen molar-refractivity contribution in [3.8, 4) is 55.6 Å². The quantitative estimate of drug-likeness (QED) is 0.139. The summed E-state index contributed by atoms with van der Waals surface area (Å²) in [6.07, 6.45) is 0. The maximum absolute atomic E-state index is 2.44. The summed E-state index contributed by atoms with van der Waals surface area (Å²) in [6, 6.07) is 90.6. The Bertz CT molecular complexity index is 3310. The van der Waals surface area contributed by atoms with Crippen molar-refractivity contribution in [2.24, 2.45) is 0 Å². The van der Waals surface area contributed by atoms with E-state index in [1.165, 1.54) is 82.4 Å². The number of nitrogens with zero attached hydrogens (tertiary/aromatic N) is 1. The molecule has 0 radical (unpaired) electrons. The Kier molecular flexibility index (Phi) is 9.26. The van der Waals surface area contributed by atoms with Gasteiger partial charge in [-0.05, 0) is 125 Å². The van der Waals surface area contributed by atoms with Gasteiger partial charge in [0, 0.05) is 16.9 Å². The van der Waals surface area contributed by atoms with Gasteiger partial charge in [0.05, 0.1) is 5.69 Å². The van der Waals surface area contributed by atoms with Gasteiger partial charge >= 0.3 is 0 Å². The lowest BCUT2D eigenvalue weighted by Gasteiger charge is -2.30. The van der Waals surface area contributed by atoms with Crippen LogP contribution in [0.1, 0.15) is 0 Å². The fourth-order valence-corrected chi connectivity index (χ4v) is 9.02. The van der Waals surface area contributed by atoms with Crippen molar-refractivity contribution in [3.05, 3.63) is 249 Å². The SMILES string of the molecule is c1ccc(-c2ccc(-c3c(-c4cc5ccccc5c5ccccc45)cccc3N(c3ccc(-c4ccccc4)cc3)c3ccc(-c4ccc5ccccc5c4)cc3)cc2)cc1. The van der Waals surface area contributed by atoms with Gasteiger partial charge in [-0.15, -0.1) is 0 Å². The number of fused-ring (bicyclic) bond motifs is 4. The second kappa shape index (κ2) is 15.6. The molecule has 0 spiro atoms. The van der Waals surface area contributed by atoms with E-state index >= 15 is 0 Å². The van der Waals surface area contributed by atoms with Crippen LogP contribution in [0.15, 0.2) is 249 Å². The van der Waals surface area contributed by atoms with Crippen LogP contribution in [0.5, 0.6) is 0 Å². The van der Waals surface area contributed by atoms with Gasteiger partial charge in [-0.3, -0.25) is 0 Å². The van der Waals surface area contributed by atoms with Crippen LogP contribution in [0.2, 0.25) is 0 Å². The molecule has 0 aliphatic rings. The van der Waals surface area contributed by atoms with Crippen LogP contribution >= 0.6 is 0 Å². The molecule has 11 rings (SSSR count). The summed E-state index contributed by atoms with van der Waals surface area (Å²) in [5.41, 5.74) is 15.2. The zero-order valence-corrected chi connectivity index (χ0v) is 33.6. The van der Waals surface area contributed by atoms with Crippen molar-refractivity contribution >= 4 is 49.4 Å². The van der Waals surface area contributed by atoms with Crippen LogP contribution in [-0.4, -0.2) is 0 Å². The molecule has 1 heteroatoms. The molecular weight excluding hydrogens is 735 g/mol. The zero-order valence-electron chi connectivity index (χ0n) is 33.6. The molecule has 0 N–H and O–H groups in total. The lowest BCUT2D eigenvalue weighted by Crippen LogP contribution is -2.12. The van der Waals surface area contributed by atoms with Crippen LogP contribution in [0.25, 0.3) is 88.0 Å². The third-order valence-corrected chi connectivity index (χ3v) is 12.1. The van der Waals surface area contributed by atoms with Crippen LogP contribution < -0.4 is 4.90 Å². The molecule has 0 saturated carbocycles. The van der Waals surface area contributed by atoms with Gasteiger partial charge in [-0.2, -0.15) is 0 Å². The van der Waals surface area contributed by atoms with E-state index in [0.717, 1.165) is 22.6 Å². The Morgan fingerprint density at radius 3 is 1.33 bits per heavy atom. The second-order valence-corrected chi connectivity index (χ2v) is 15.7. The Labute approximate surface area is 357 Å². The van der Waals surface area contributed by atoms with E-state index in [0.29, 0.717) is 0 Å². The van der Waals surface area contributed by atoms with Crippen molar-refractivity contribution in [1.29, 1.82) is 0 Å². The topological polar surface area (TPSA) is 3.24 Å². The van der Waals surface area contributed by atoms with Gasteiger partial charge in [0.15, 0.2) is 0 Å². The molecule has 0 aliphatic heterocycles. The van der Waals surface area contributed by atoms with Crippen molar-refractivity contribution < 1.29 is 0 Å². The summed E-state index contributed by atoms with van der Waals surface area (Å²) >= 11 is 0. The molecule has 0 saturated heterocycles. The maximum Gasteiger partial charge on any atom is 0.0546 e. The number of hydrogen-bond donors (Lipinski definition) is 0. The molecule has 0 aliphatic carbocycles. The van der Waals surface area contributed by atoms with Crippen molar-refractivity contribution in [2.45, 2.75) is 0 Å². The van der Waals surface area contributed by atoms with Gasteiger partial charge in [-0.25, -0.2) is 0 Å². The summed E-state index contributed by atoms with van der Waals surface area (Å²) in [6.45, 7) is 0. The number of hydrogen-bond acceptors (Lipinski definition) is 1. The predicted octanol–water partition coefficient (Wildman–Crippen LogP) is 17.0. The van der Waals surface area contributed by atoms with Crippen LogP contribution in [0, 0.1) is 0 Å². The minimum atomic E-state index is 1.08. The van der Waals surface area contributed by atoms with E-state index in [-0.39, 0.29) is 0 Å². The van der Waals surface area contributed by atoms with Gasteiger partial charge in [0.2, 0.25) is 0 Å². The van der Waals surface area contributed by atoms with Gasteiger partial charge < -0.3 is 4.90 Å². The van der Waals surface area contributed by atoms with E-state index in [9.17, 15) is 0 Å². The zero-order chi connectivity index (χ0) is 40.5. The third kappa shape index (κ3) is 6.83. The molecule has 0 heterocycles. The van der Waals surface area contributed by atoms with E-state index in [1.54, 1.807) is 0 Å². The smallest absolute Gasteiger partial charge is 0.0546 e. The summed E-state index contributed by atoms with van der Waals surface area (Å²) in [5.74, 6) is 0. The monoisotopic (exact) mass is 775 g/mol. The van der Waals surface area contributed by atoms with Crippen molar-refractivity contribution in [1.82, 2.24) is 0 Å². The fraction of sp³-hybridized carbons (Fsp3) is 0. The minimum absolute atomic E-state index is 1.08. The molecule has 0 atom stereocenters. The first-order valence-corrected chi connectivity index (χ1v) is 21.0. The molecular formula is C60H41N. The van der Waals surface area contributed by atoms with Gasteiger partial charge in [0.25, 0.3) is 0 Å². The molecule has 0 amide bonds. The summed E-state index contributed by atoms with van der Waals surface area (Å²) < 4.78 is 0. The van der Waals surface area contributed by atoms with E-state index < -0.39 is 0 Å².